The van der Waals surface area contributed by atoms with Crippen LogP contribution in [0.15, 0.2) is 0 Å². The van der Waals surface area contributed by atoms with E-state index < -0.39 is 0 Å². The fourth-order valence-electron chi connectivity index (χ4n) is 1.34. The molecule has 0 aromatic carbocycles. The zero-order chi connectivity index (χ0) is 11.0. The number of carbonyl (C=O) groups excluding carboxylic acids is 1. The van der Waals surface area contributed by atoms with Gasteiger partial charge in [-0.25, -0.2) is 0 Å². The highest BCUT2D eigenvalue weighted by Crippen LogP contribution is 2.04. The van der Waals surface area contributed by atoms with Gasteiger partial charge < -0.3 is 10.6 Å². The van der Waals surface area contributed by atoms with Crippen LogP contribution in [-0.4, -0.2) is 25.5 Å². The molecule has 84 valence electrons. The molecule has 0 bridgehead atoms. The van der Waals surface area contributed by atoms with E-state index in [9.17, 15) is 4.79 Å². The minimum absolute atomic E-state index is 0.0353. The quantitative estimate of drug-likeness (QED) is 0.612. The molecule has 0 aliphatic rings. The summed E-state index contributed by atoms with van der Waals surface area (Å²) in [7, 11) is 1.84. The average molecular weight is 200 g/mol. The molecule has 0 radical (unpaired) electrons. The summed E-state index contributed by atoms with van der Waals surface area (Å²) in [5.74, 6) is 0.680. The van der Waals surface area contributed by atoms with Gasteiger partial charge in [0.15, 0.2) is 0 Å². The molecule has 1 atom stereocenters. The Labute approximate surface area is 87.6 Å². The van der Waals surface area contributed by atoms with Crippen LogP contribution in [0, 0.1) is 5.92 Å². The van der Waals surface area contributed by atoms with E-state index in [4.69, 9.17) is 0 Å². The Balaban J connectivity index is 3.79. The van der Waals surface area contributed by atoms with Crippen molar-refractivity contribution in [3.05, 3.63) is 0 Å². The van der Waals surface area contributed by atoms with Gasteiger partial charge in [0.25, 0.3) is 0 Å². The highest BCUT2D eigenvalue weighted by Gasteiger charge is 2.16. The first-order valence-corrected chi connectivity index (χ1v) is 5.56. The minimum atomic E-state index is -0.0353. The van der Waals surface area contributed by atoms with Crippen molar-refractivity contribution in [2.75, 3.05) is 13.6 Å². The topological polar surface area (TPSA) is 41.1 Å². The molecular weight excluding hydrogens is 176 g/mol. The van der Waals surface area contributed by atoms with E-state index in [0.29, 0.717) is 5.92 Å². The second-order valence-electron chi connectivity index (χ2n) is 4.12. The van der Waals surface area contributed by atoms with Crippen LogP contribution < -0.4 is 10.6 Å². The first-order chi connectivity index (χ1) is 6.61. The first kappa shape index (κ1) is 13.4. The Morgan fingerprint density at radius 1 is 1.36 bits per heavy atom. The maximum absolute atomic E-state index is 11.6. The molecule has 0 saturated heterocycles. The summed E-state index contributed by atoms with van der Waals surface area (Å²) in [5, 5.41) is 5.99. The number of hydrogen-bond acceptors (Lipinski definition) is 2. The van der Waals surface area contributed by atoms with E-state index >= 15 is 0 Å². The van der Waals surface area contributed by atoms with E-state index in [1.165, 1.54) is 0 Å². The SMILES string of the molecule is CCCCNC(=O)[C@H](CC(C)C)NC. The number of amides is 1. The van der Waals surface area contributed by atoms with Crippen molar-refractivity contribution in [3.8, 4) is 0 Å². The van der Waals surface area contributed by atoms with Crippen molar-refractivity contribution in [1.29, 1.82) is 0 Å². The van der Waals surface area contributed by atoms with Gasteiger partial charge in [-0.05, 0) is 25.8 Å². The van der Waals surface area contributed by atoms with Crippen molar-refractivity contribution in [2.45, 2.75) is 46.1 Å². The van der Waals surface area contributed by atoms with Crippen LogP contribution in [0.1, 0.15) is 40.0 Å². The second kappa shape index (κ2) is 7.80. The van der Waals surface area contributed by atoms with Gasteiger partial charge in [0, 0.05) is 6.54 Å². The van der Waals surface area contributed by atoms with Crippen LogP contribution in [0.3, 0.4) is 0 Å². The third-order valence-electron chi connectivity index (χ3n) is 2.20. The molecule has 0 saturated carbocycles. The lowest BCUT2D eigenvalue weighted by Crippen LogP contribution is -2.43. The molecule has 0 rings (SSSR count). The van der Waals surface area contributed by atoms with Crippen LogP contribution in [0.2, 0.25) is 0 Å². The maximum Gasteiger partial charge on any atom is 0.237 e. The van der Waals surface area contributed by atoms with E-state index in [1.807, 2.05) is 7.05 Å². The van der Waals surface area contributed by atoms with Gasteiger partial charge >= 0.3 is 0 Å². The first-order valence-electron chi connectivity index (χ1n) is 5.56. The summed E-state index contributed by atoms with van der Waals surface area (Å²) in [4.78, 5) is 11.6. The van der Waals surface area contributed by atoms with Crippen LogP contribution in [-0.2, 0) is 4.79 Å². The van der Waals surface area contributed by atoms with Crippen LogP contribution in [0.25, 0.3) is 0 Å². The molecule has 0 aliphatic carbocycles. The summed E-state index contributed by atoms with van der Waals surface area (Å²) in [6.45, 7) is 7.18. The Morgan fingerprint density at radius 2 is 2.00 bits per heavy atom. The van der Waals surface area contributed by atoms with E-state index in [0.717, 1.165) is 25.8 Å². The van der Waals surface area contributed by atoms with Crippen LogP contribution in [0.4, 0.5) is 0 Å². The second-order valence-corrected chi connectivity index (χ2v) is 4.12. The predicted octanol–water partition coefficient (Wildman–Crippen LogP) is 1.54. The van der Waals surface area contributed by atoms with Gasteiger partial charge in [-0.1, -0.05) is 27.2 Å². The normalized spacial score (nSPS) is 12.9. The molecule has 3 nitrogen and oxygen atoms in total. The largest absolute Gasteiger partial charge is 0.355 e. The number of likely N-dealkylation sites (N-methyl/N-ethyl adjacent to an activating group) is 1. The predicted molar refractivity (Wildman–Crippen MR) is 60.2 cm³/mol. The fourth-order valence-corrected chi connectivity index (χ4v) is 1.34. The Kier molecular flexibility index (Phi) is 7.48. The molecule has 14 heavy (non-hydrogen) atoms. The maximum atomic E-state index is 11.6. The molecule has 1 amide bonds. The van der Waals surface area contributed by atoms with Crippen molar-refractivity contribution < 1.29 is 4.79 Å². The van der Waals surface area contributed by atoms with Gasteiger partial charge in [0.05, 0.1) is 6.04 Å². The third-order valence-corrected chi connectivity index (χ3v) is 2.20. The van der Waals surface area contributed by atoms with Crippen LogP contribution in [0.5, 0.6) is 0 Å². The zero-order valence-corrected chi connectivity index (χ0v) is 9.89. The van der Waals surface area contributed by atoms with Crippen molar-refractivity contribution in [2.24, 2.45) is 5.92 Å². The summed E-state index contributed by atoms with van der Waals surface area (Å²) in [6, 6.07) is -0.0353. The Morgan fingerprint density at radius 3 is 2.43 bits per heavy atom. The molecule has 0 heterocycles. The number of rotatable bonds is 7. The van der Waals surface area contributed by atoms with Gasteiger partial charge in [0.1, 0.15) is 0 Å². The molecule has 0 spiro atoms. The average Bonchev–Trinajstić information content (AvgIpc) is 2.14. The molecular formula is C11H24N2O. The summed E-state index contributed by atoms with van der Waals surface area (Å²) >= 11 is 0. The van der Waals surface area contributed by atoms with E-state index in [-0.39, 0.29) is 11.9 Å². The van der Waals surface area contributed by atoms with Crippen LogP contribution >= 0.6 is 0 Å². The molecule has 0 aromatic heterocycles. The fraction of sp³-hybridized carbons (Fsp3) is 0.909. The molecule has 0 aromatic rings. The van der Waals surface area contributed by atoms with Crippen molar-refractivity contribution in [3.63, 3.8) is 0 Å². The van der Waals surface area contributed by atoms with Crippen molar-refractivity contribution in [1.82, 2.24) is 10.6 Å². The Bertz CT molecular complexity index is 157. The summed E-state index contributed by atoms with van der Waals surface area (Å²) in [5.41, 5.74) is 0. The lowest BCUT2D eigenvalue weighted by atomic mass is 10.0. The molecule has 3 heteroatoms. The summed E-state index contributed by atoms with van der Waals surface area (Å²) < 4.78 is 0. The smallest absolute Gasteiger partial charge is 0.237 e. The summed E-state index contributed by atoms with van der Waals surface area (Å²) in [6.07, 6.45) is 3.08. The third kappa shape index (κ3) is 5.97. The highest BCUT2D eigenvalue weighted by molar-refractivity contribution is 5.81. The lowest BCUT2D eigenvalue weighted by molar-refractivity contribution is -0.123. The molecule has 2 N–H and O–H groups in total. The molecule has 0 unspecified atom stereocenters. The van der Waals surface area contributed by atoms with Gasteiger partial charge in [-0.2, -0.15) is 0 Å². The standard InChI is InChI=1S/C11H24N2O/c1-5-6-7-13-11(14)10(12-4)8-9(2)3/h9-10,12H,5-8H2,1-4H3,(H,13,14)/t10-/m0/s1. The number of hydrogen-bond donors (Lipinski definition) is 2. The van der Waals surface area contributed by atoms with Gasteiger partial charge in [-0.15, -0.1) is 0 Å². The van der Waals surface area contributed by atoms with Crippen molar-refractivity contribution >= 4 is 5.91 Å². The highest BCUT2D eigenvalue weighted by atomic mass is 16.2. The lowest BCUT2D eigenvalue weighted by Gasteiger charge is -2.17. The Hall–Kier alpha value is -0.570. The zero-order valence-electron chi connectivity index (χ0n) is 9.89. The van der Waals surface area contributed by atoms with Gasteiger partial charge in [0.2, 0.25) is 5.91 Å². The monoisotopic (exact) mass is 200 g/mol. The number of nitrogens with one attached hydrogen (secondary N) is 2. The van der Waals surface area contributed by atoms with Gasteiger partial charge in [-0.3, -0.25) is 4.79 Å². The molecule has 0 aliphatic heterocycles. The molecule has 0 fully saturated rings. The van der Waals surface area contributed by atoms with E-state index in [2.05, 4.69) is 31.4 Å². The van der Waals surface area contributed by atoms with E-state index in [1.54, 1.807) is 0 Å². The minimum Gasteiger partial charge on any atom is -0.355 e. The number of carbonyl (C=O) groups is 1. The number of unbranched alkanes of at least 4 members (excludes halogenated alkanes) is 1.